The molecule has 15 heterocycles. The van der Waals surface area contributed by atoms with E-state index in [4.69, 9.17) is 41.0 Å². The number of Topliss-reactive ketones (excluding diaryl/α,β-unsaturated/α-hetero) is 8. The van der Waals surface area contributed by atoms with Crippen LogP contribution in [0.25, 0.3) is 0 Å². The maximum atomic E-state index is 11.9. The molecule has 0 aromatic carbocycles. The monoisotopic (exact) mass is 1630 g/mol. The number of nitrogens with zero attached hydrogens (tertiary/aromatic N) is 8. The molecule has 16 atom stereocenters. The zero-order chi connectivity index (χ0) is 84.9. The number of rotatable bonds is 9. The van der Waals surface area contributed by atoms with Crippen LogP contribution in [0.4, 0.5) is 38.4 Å². The number of hydrogen-bond acceptors (Lipinski definition) is 24. The van der Waals surface area contributed by atoms with E-state index in [9.17, 15) is 76.7 Å². The van der Waals surface area contributed by atoms with Crippen molar-refractivity contribution in [1.29, 1.82) is 0 Å². The van der Waals surface area contributed by atoms with Gasteiger partial charge in [-0.1, -0.05) is 25.7 Å². The van der Waals surface area contributed by atoms with Crippen molar-refractivity contribution in [3.8, 4) is 24.2 Å². The molecule has 640 valence electrons. The van der Waals surface area contributed by atoms with E-state index >= 15 is 0 Å². The molecule has 0 N–H and O–H groups in total. The lowest BCUT2D eigenvalue weighted by Crippen LogP contribution is -2.47. The highest BCUT2D eigenvalue weighted by Crippen LogP contribution is 2.41. The third kappa shape index (κ3) is 23.5. The lowest BCUT2D eigenvalue weighted by atomic mass is 10.0. The number of ketones is 8. The van der Waals surface area contributed by atoms with Gasteiger partial charge in [-0.2, -0.15) is 0 Å². The first-order chi connectivity index (χ1) is 55.9. The Morgan fingerprint density at radius 2 is 0.629 bits per heavy atom. The van der Waals surface area contributed by atoms with Crippen LogP contribution in [0.5, 0.6) is 0 Å². The quantitative estimate of drug-likeness (QED) is 0.153. The molecule has 0 radical (unpaired) electrons. The Labute approximate surface area is 681 Å². The zero-order valence-corrected chi connectivity index (χ0v) is 68.8. The summed E-state index contributed by atoms with van der Waals surface area (Å²) < 4.78 is 47.3. The first kappa shape index (κ1) is 89.0. The summed E-state index contributed by atoms with van der Waals surface area (Å²) in [5.74, 6) is 9.95. The van der Waals surface area contributed by atoms with Crippen molar-refractivity contribution in [1.82, 2.24) is 39.2 Å². The minimum Gasteiger partial charge on any atom is -0.453 e. The second-order valence-electron chi connectivity index (χ2n) is 32.7. The van der Waals surface area contributed by atoms with Crippen LogP contribution in [0, 0.1) is 30.1 Å². The number of carbonyl (C=O) groups is 16. The summed E-state index contributed by atoms with van der Waals surface area (Å²) in [6, 6.07) is 1.23. The van der Waals surface area contributed by atoms with Gasteiger partial charge in [0.15, 0.2) is 13.2 Å². The molecule has 0 aromatic heterocycles. The van der Waals surface area contributed by atoms with E-state index in [1.807, 2.05) is 13.8 Å². The Hall–Kier alpha value is -9.36. The van der Waals surface area contributed by atoms with E-state index in [0.717, 1.165) is 109 Å². The number of terminal acetylenes is 1. The number of piperidine rings is 8. The first-order valence-corrected chi connectivity index (χ1v) is 42.0. The van der Waals surface area contributed by atoms with Gasteiger partial charge < -0.3 is 77.1 Å². The summed E-state index contributed by atoms with van der Waals surface area (Å²) in [6.07, 6.45) is 24.6. The number of hydrogen-bond donors (Lipinski definition) is 0. The molecule has 16 unspecified atom stereocenters. The van der Waals surface area contributed by atoms with Crippen molar-refractivity contribution in [2.45, 2.75) is 351 Å². The highest BCUT2D eigenvalue weighted by Gasteiger charge is 2.51. The van der Waals surface area contributed by atoms with E-state index < -0.39 is 12.2 Å². The molecule has 0 spiro atoms. The van der Waals surface area contributed by atoms with E-state index in [1.54, 1.807) is 60.0 Å². The minimum atomic E-state index is -1.21. The van der Waals surface area contributed by atoms with Crippen molar-refractivity contribution in [2.24, 2.45) is 5.92 Å². The third-order valence-electron chi connectivity index (χ3n) is 24.4. The van der Waals surface area contributed by atoms with Crippen molar-refractivity contribution in [3.05, 3.63) is 0 Å². The number of methoxy groups -OCH3 is 1. The maximum Gasteiger partial charge on any atom is 0.411 e. The van der Waals surface area contributed by atoms with E-state index in [1.165, 1.54) is 21.0 Å². The Kier molecular flexibility index (Phi) is 33.1. The van der Waals surface area contributed by atoms with Gasteiger partial charge in [0, 0.05) is 199 Å². The van der Waals surface area contributed by atoms with Crippen LogP contribution in [-0.2, 0) is 76.3 Å². The number of amides is 8. The van der Waals surface area contributed by atoms with Gasteiger partial charge >= 0.3 is 48.7 Å². The van der Waals surface area contributed by atoms with Crippen molar-refractivity contribution in [2.75, 3.05) is 53.3 Å². The van der Waals surface area contributed by atoms with Crippen LogP contribution in [0.1, 0.15) is 255 Å². The third-order valence-corrected chi connectivity index (χ3v) is 24.4. The van der Waals surface area contributed by atoms with Crippen molar-refractivity contribution in [3.63, 3.8) is 0 Å². The molecule has 16 aliphatic rings. The van der Waals surface area contributed by atoms with E-state index in [-0.39, 0.29) is 181 Å². The predicted molar refractivity (Wildman–Crippen MR) is 415 cm³/mol. The van der Waals surface area contributed by atoms with E-state index in [2.05, 4.69) is 22.5 Å². The van der Waals surface area contributed by atoms with Gasteiger partial charge in [-0.25, -0.2) is 38.4 Å². The van der Waals surface area contributed by atoms with Gasteiger partial charge in [0.2, 0.25) is 0 Å². The zero-order valence-electron chi connectivity index (χ0n) is 69.8. The summed E-state index contributed by atoms with van der Waals surface area (Å²) in [4.78, 5) is 197. The number of carbonyl (C=O) groups excluding carboxylic acids is 16. The molecule has 1 aliphatic carbocycles. The number of likely N-dealkylation sites (tertiary alicyclic amines) is 1. The molecule has 116 heavy (non-hydrogen) atoms. The average Bonchev–Trinajstić information content (AvgIpc) is 1.67. The van der Waals surface area contributed by atoms with Crippen LogP contribution in [0.3, 0.4) is 0 Å². The second-order valence-corrected chi connectivity index (χ2v) is 32.7. The Balaban J connectivity index is 0.000000153. The SMILES string of the molecule is C#CCOC(=O)N1C2CCC1CC(=O)C2.CC#CCOC(=O)N1C2CCC1CC(=O)C2.CCCOC(=O)N1C2CCC1CC(=O)C2.CCCOC(=O)N1C2CCC1CC(=O)C2.CCOC(=O)N1C2CCC1CC(=O)C2.CCOC(=O)N1CC2CC1CC2=O.COC(=O)N1C2CCC1CC(=O)C2.[2H]C(C)(C)OC(=O)N1C2CCC1CC(=O)C2. The molecule has 8 amide bonds. The van der Waals surface area contributed by atoms with Crippen LogP contribution in [0.15, 0.2) is 0 Å². The van der Waals surface area contributed by atoms with Gasteiger partial charge in [-0.05, 0) is 144 Å². The van der Waals surface area contributed by atoms with Gasteiger partial charge in [0.1, 0.15) is 46.3 Å². The van der Waals surface area contributed by atoms with Gasteiger partial charge in [-0.15, -0.1) is 12.3 Å². The van der Waals surface area contributed by atoms with Gasteiger partial charge in [0.05, 0.1) is 41.0 Å². The fraction of sp³-hybridized carbons (Fsp3) is 0.762. The molecular weight excluding hydrogens is 1500 g/mol. The predicted octanol–water partition coefficient (Wildman–Crippen LogP) is 10.6. The fourth-order valence-electron chi connectivity index (χ4n) is 19.5. The summed E-state index contributed by atoms with van der Waals surface area (Å²) in [5, 5.41) is 0. The molecule has 16 fully saturated rings. The molecule has 0 aromatic rings. The van der Waals surface area contributed by atoms with Crippen LogP contribution in [0.2, 0.25) is 0 Å². The Bertz CT molecular complexity index is 3590. The fourth-order valence-corrected chi connectivity index (χ4v) is 19.5. The standard InChI is InChI=1S/C12H15NO3.3C11H17NO3.C11H13NO3.C10H15NO3.2C9H13NO3/c1-2-3-6-16-12(15)13-9-4-5-10(13)8-11(14)7-9;1-7(2)15-11(14)12-8-3-4-9(12)6-10(13)5-8;3*1-2-5-15-11(14)12-8-3-4-9(12)7-10(13)6-8;1-2-14-10(13)11-7-3-4-8(11)6-9(12)5-7;1-13-9(12)10-6-2-3-7(10)5-8(11)4-6;1-2-13-9(12)10-5-6-3-7(10)4-8(6)11/h9-10H,4-8H2,1H3;7-9H,3-6H2,1-2H3;2*8-9H,2-7H2,1H3;1,8-9H,3-7H2;7-8H,2-6H2,1H3;2*6-7H,2-5H2,1H3/i;7D;;;;;;. The van der Waals surface area contributed by atoms with Gasteiger partial charge in [-0.3, -0.25) is 38.4 Å². The Morgan fingerprint density at radius 3 is 0.862 bits per heavy atom. The molecule has 16 rings (SSSR count). The first-order valence-electron chi connectivity index (χ1n) is 42.5. The second kappa shape index (κ2) is 43.2. The van der Waals surface area contributed by atoms with Crippen molar-refractivity contribution < 1.29 is 116 Å². The molecule has 1 saturated carbocycles. The topological polar surface area (TPSA) is 373 Å². The summed E-state index contributed by atoms with van der Waals surface area (Å²) >= 11 is 0. The van der Waals surface area contributed by atoms with Crippen LogP contribution >= 0.6 is 0 Å². The smallest absolute Gasteiger partial charge is 0.411 e. The number of fused-ring (bicyclic) bond motifs is 16. The molecule has 15 saturated heterocycles. The molecular formula is C84H120N8O24. The minimum absolute atomic E-state index is 0.00102. The van der Waals surface area contributed by atoms with Gasteiger partial charge in [0.25, 0.3) is 0 Å². The molecule has 16 bridgehead atoms. The van der Waals surface area contributed by atoms with Crippen LogP contribution in [-0.4, -0.2) is 284 Å². The van der Waals surface area contributed by atoms with Crippen LogP contribution < -0.4 is 0 Å². The largest absolute Gasteiger partial charge is 0.453 e. The average molecular weight is 1630 g/mol. The molecule has 32 nitrogen and oxygen atoms in total. The highest BCUT2D eigenvalue weighted by molar-refractivity contribution is 5.89. The van der Waals surface area contributed by atoms with E-state index in [0.29, 0.717) is 147 Å². The highest BCUT2D eigenvalue weighted by atomic mass is 16.6. The lowest BCUT2D eigenvalue weighted by molar-refractivity contribution is -0.124. The summed E-state index contributed by atoms with van der Waals surface area (Å²) in [7, 11) is 1.39. The normalized spacial score (nSPS) is 29.9. The van der Waals surface area contributed by atoms with Crippen molar-refractivity contribution >= 4 is 95.0 Å². The molecule has 15 aliphatic heterocycles. The number of ether oxygens (including phenoxy) is 8. The Morgan fingerprint density at radius 1 is 0.371 bits per heavy atom. The summed E-state index contributed by atoms with van der Waals surface area (Å²) in [5.41, 5.74) is 0. The lowest BCUT2D eigenvalue weighted by Gasteiger charge is -2.33. The maximum absolute atomic E-state index is 11.9. The molecule has 32 heteroatoms. The summed E-state index contributed by atoms with van der Waals surface area (Å²) in [6.45, 7) is 14.8.